The molecule has 5 nitrogen and oxygen atoms in total. The molecule has 0 aromatic rings. The van der Waals surface area contributed by atoms with Gasteiger partial charge in [0.15, 0.2) is 0 Å². The van der Waals surface area contributed by atoms with E-state index in [9.17, 15) is 18.0 Å². The summed E-state index contributed by atoms with van der Waals surface area (Å²) >= 11 is 0. The van der Waals surface area contributed by atoms with Crippen molar-refractivity contribution in [3.63, 3.8) is 0 Å². The zero-order valence-corrected chi connectivity index (χ0v) is 12.7. The summed E-state index contributed by atoms with van der Waals surface area (Å²) in [5.41, 5.74) is 0. The van der Waals surface area contributed by atoms with Gasteiger partial charge in [-0.1, -0.05) is 0 Å². The van der Waals surface area contributed by atoms with Gasteiger partial charge in [0.1, 0.15) is 6.54 Å². The SMILES string of the molecule is C[C@H](C(=O)NCC(F)(F)F)N1CCC(O[C@@H]2CCOC2)CC1. The maximum absolute atomic E-state index is 12.1. The summed E-state index contributed by atoms with van der Waals surface area (Å²) in [6, 6.07) is -0.557. The van der Waals surface area contributed by atoms with Crippen molar-refractivity contribution in [3.8, 4) is 0 Å². The summed E-state index contributed by atoms with van der Waals surface area (Å²) in [4.78, 5) is 13.6. The number of hydrogen-bond donors (Lipinski definition) is 1. The molecular formula is C14H23F3N2O3. The third-order valence-corrected chi connectivity index (χ3v) is 4.14. The van der Waals surface area contributed by atoms with Crippen molar-refractivity contribution in [1.82, 2.24) is 10.2 Å². The molecule has 0 aliphatic carbocycles. The van der Waals surface area contributed by atoms with Gasteiger partial charge in [-0.15, -0.1) is 0 Å². The van der Waals surface area contributed by atoms with Gasteiger partial charge in [-0.05, 0) is 26.2 Å². The van der Waals surface area contributed by atoms with Gasteiger partial charge in [-0.3, -0.25) is 9.69 Å². The molecule has 2 aliphatic heterocycles. The first kappa shape index (κ1) is 17.5. The van der Waals surface area contributed by atoms with E-state index in [2.05, 4.69) is 0 Å². The number of ether oxygens (including phenoxy) is 2. The Labute approximate surface area is 128 Å². The second-order valence-electron chi connectivity index (χ2n) is 5.87. The molecule has 2 rings (SSSR count). The van der Waals surface area contributed by atoms with Crippen LogP contribution in [0.1, 0.15) is 26.2 Å². The van der Waals surface area contributed by atoms with Gasteiger partial charge < -0.3 is 14.8 Å². The van der Waals surface area contributed by atoms with Crippen LogP contribution in [0.25, 0.3) is 0 Å². The molecule has 2 atom stereocenters. The number of amides is 1. The molecule has 0 radical (unpaired) electrons. The maximum Gasteiger partial charge on any atom is 0.405 e. The van der Waals surface area contributed by atoms with E-state index in [4.69, 9.17) is 9.47 Å². The number of nitrogens with one attached hydrogen (secondary N) is 1. The van der Waals surface area contributed by atoms with Crippen molar-refractivity contribution in [2.75, 3.05) is 32.8 Å². The molecule has 0 bridgehead atoms. The Hall–Kier alpha value is -0.860. The standard InChI is InChI=1S/C14H23F3N2O3/c1-10(13(20)18-9-14(15,16)17)19-5-2-11(3-6-19)22-12-4-7-21-8-12/h10-12H,2-9H2,1H3,(H,18,20)/t10-,12-/m1/s1. The van der Waals surface area contributed by atoms with Crippen molar-refractivity contribution in [1.29, 1.82) is 0 Å². The Balaban J connectivity index is 1.69. The molecule has 1 N–H and O–H groups in total. The Morgan fingerprint density at radius 3 is 2.55 bits per heavy atom. The summed E-state index contributed by atoms with van der Waals surface area (Å²) in [6.07, 6.45) is -1.59. The average molecular weight is 324 g/mol. The zero-order valence-electron chi connectivity index (χ0n) is 12.7. The van der Waals surface area contributed by atoms with Gasteiger partial charge in [-0.25, -0.2) is 0 Å². The average Bonchev–Trinajstić information content (AvgIpc) is 2.97. The van der Waals surface area contributed by atoms with E-state index >= 15 is 0 Å². The van der Waals surface area contributed by atoms with E-state index in [0.717, 1.165) is 25.9 Å². The number of piperidine rings is 1. The van der Waals surface area contributed by atoms with E-state index < -0.39 is 24.7 Å². The molecular weight excluding hydrogens is 301 g/mol. The number of alkyl halides is 3. The Kier molecular flexibility index (Phi) is 6.05. The fourth-order valence-electron chi connectivity index (χ4n) is 2.79. The quantitative estimate of drug-likeness (QED) is 0.829. The van der Waals surface area contributed by atoms with Gasteiger partial charge in [0, 0.05) is 19.7 Å². The fraction of sp³-hybridized carbons (Fsp3) is 0.929. The lowest BCUT2D eigenvalue weighted by molar-refractivity contribution is -0.142. The number of rotatable bonds is 5. The Bertz CT molecular complexity index is 365. The van der Waals surface area contributed by atoms with Crippen LogP contribution in [-0.4, -0.2) is 68.1 Å². The molecule has 2 saturated heterocycles. The van der Waals surface area contributed by atoms with Gasteiger partial charge in [-0.2, -0.15) is 13.2 Å². The lowest BCUT2D eigenvalue weighted by Gasteiger charge is -2.36. The topological polar surface area (TPSA) is 50.8 Å². The molecule has 2 aliphatic rings. The van der Waals surface area contributed by atoms with E-state index in [1.54, 1.807) is 6.92 Å². The van der Waals surface area contributed by atoms with Crippen molar-refractivity contribution in [3.05, 3.63) is 0 Å². The zero-order chi connectivity index (χ0) is 16.2. The molecule has 0 aromatic carbocycles. The van der Waals surface area contributed by atoms with E-state index in [-0.39, 0.29) is 12.2 Å². The largest absolute Gasteiger partial charge is 0.405 e. The smallest absolute Gasteiger partial charge is 0.379 e. The summed E-state index contributed by atoms with van der Waals surface area (Å²) in [6.45, 7) is 3.03. The van der Waals surface area contributed by atoms with Crippen molar-refractivity contribution in [2.45, 2.75) is 50.6 Å². The number of carbonyl (C=O) groups is 1. The molecule has 2 heterocycles. The van der Waals surface area contributed by atoms with Crippen LogP contribution in [0.3, 0.4) is 0 Å². The molecule has 8 heteroatoms. The molecule has 22 heavy (non-hydrogen) atoms. The van der Waals surface area contributed by atoms with Gasteiger partial charge in [0.2, 0.25) is 5.91 Å². The van der Waals surface area contributed by atoms with Crippen molar-refractivity contribution < 1.29 is 27.4 Å². The van der Waals surface area contributed by atoms with Crippen LogP contribution in [0, 0.1) is 0 Å². The number of carbonyl (C=O) groups excluding carboxylic acids is 1. The second kappa shape index (κ2) is 7.61. The second-order valence-corrected chi connectivity index (χ2v) is 5.87. The van der Waals surface area contributed by atoms with Crippen LogP contribution in [0.4, 0.5) is 13.2 Å². The highest BCUT2D eigenvalue weighted by molar-refractivity contribution is 5.81. The van der Waals surface area contributed by atoms with Crippen LogP contribution < -0.4 is 5.32 Å². The highest BCUT2D eigenvalue weighted by Gasteiger charge is 2.32. The van der Waals surface area contributed by atoms with Gasteiger partial charge in [0.25, 0.3) is 0 Å². The summed E-state index contributed by atoms with van der Waals surface area (Å²) in [5, 5.41) is 1.94. The predicted molar refractivity (Wildman–Crippen MR) is 73.4 cm³/mol. The lowest BCUT2D eigenvalue weighted by atomic mass is 10.1. The summed E-state index contributed by atoms with van der Waals surface area (Å²) in [7, 11) is 0. The first-order valence-electron chi connectivity index (χ1n) is 7.67. The first-order chi connectivity index (χ1) is 10.3. The predicted octanol–water partition coefficient (Wildman–Crippen LogP) is 1.32. The van der Waals surface area contributed by atoms with Crippen LogP contribution in [0.5, 0.6) is 0 Å². The third-order valence-electron chi connectivity index (χ3n) is 4.14. The first-order valence-corrected chi connectivity index (χ1v) is 7.67. The summed E-state index contributed by atoms with van der Waals surface area (Å²) in [5.74, 6) is -0.583. The third kappa shape index (κ3) is 5.40. The highest BCUT2D eigenvalue weighted by atomic mass is 19.4. The molecule has 0 aromatic heterocycles. The van der Waals surface area contributed by atoms with Gasteiger partial charge >= 0.3 is 6.18 Å². The van der Waals surface area contributed by atoms with E-state index in [1.807, 2.05) is 10.2 Å². The number of likely N-dealkylation sites (tertiary alicyclic amines) is 1. The van der Waals surface area contributed by atoms with Crippen LogP contribution in [-0.2, 0) is 14.3 Å². The molecule has 0 unspecified atom stereocenters. The van der Waals surface area contributed by atoms with E-state index in [0.29, 0.717) is 19.7 Å². The number of nitrogens with zero attached hydrogens (tertiary/aromatic N) is 1. The summed E-state index contributed by atoms with van der Waals surface area (Å²) < 4.78 is 47.5. The fourth-order valence-corrected chi connectivity index (χ4v) is 2.79. The lowest BCUT2D eigenvalue weighted by Crippen LogP contribution is -2.50. The molecule has 1 amide bonds. The van der Waals surface area contributed by atoms with Gasteiger partial charge in [0.05, 0.1) is 24.9 Å². The molecule has 0 spiro atoms. The Morgan fingerprint density at radius 2 is 2.00 bits per heavy atom. The molecule has 128 valence electrons. The Morgan fingerprint density at radius 1 is 1.32 bits per heavy atom. The number of hydrogen-bond acceptors (Lipinski definition) is 4. The molecule has 0 saturated carbocycles. The molecule has 2 fully saturated rings. The minimum atomic E-state index is -4.38. The van der Waals surface area contributed by atoms with E-state index in [1.165, 1.54) is 0 Å². The van der Waals surface area contributed by atoms with Crippen molar-refractivity contribution >= 4 is 5.91 Å². The normalized spacial score (nSPS) is 26.1. The monoisotopic (exact) mass is 324 g/mol. The minimum absolute atomic E-state index is 0.147. The number of halogens is 3. The van der Waals surface area contributed by atoms with Crippen LogP contribution in [0.15, 0.2) is 0 Å². The highest BCUT2D eigenvalue weighted by Crippen LogP contribution is 2.20. The van der Waals surface area contributed by atoms with Crippen LogP contribution in [0.2, 0.25) is 0 Å². The minimum Gasteiger partial charge on any atom is -0.379 e. The van der Waals surface area contributed by atoms with Crippen molar-refractivity contribution in [2.24, 2.45) is 0 Å². The maximum atomic E-state index is 12.1. The van der Waals surface area contributed by atoms with Crippen LogP contribution >= 0.6 is 0 Å².